The number of benzene rings is 1. The zero-order valence-electron chi connectivity index (χ0n) is 30.0. The van der Waals surface area contributed by atoms with Gasteiger partial charge in [0.2, 0.25) is 5.91 Å². The number of anilines is 1. The first kappa shape index (κ1) is 41.6. The lowest BCUT2D eigenvalue weighted by Crippen LogP contribution is -2.63. The van der Waals surface area contributed by atoms with Crippen LogP contribution in [0.1, 0.15) is 59.4 Å². The van der Waals surface area contributed by atoms with Gasteiger partial charge in [-0.2, -0.15) is 12.6 Å². The van der Waals surface area contributed by atoms with Gasteiger partial charge in [0, 0.05) is 26.5 Å². The zero-order valence-corrected chi connectivity index (χ0v) is 31.7. The number of carbonyl (C=O) groups is 3. The number of hydrogen-bond acceptors (Lipinski definition) is 12. The van der Waals surface area contributed by atoms with Crippen molar-refractivity contribution >= 4 is 47.9 Å². The summed E-state index contributed by atoms with van der Waals surface area (Å²) in [6, 6.07) is 2.70. The van der Waals surface area contributed by atoms with Crippen LogP contribution in [0.5, 0.6) is 5.75 Å². The molecular formula is C35H52ClN3O10S. The third kappa shape index (κ3) is 9.72. The lowest BCUT2D eigenvalue weighted by atomic mass is 9.83. The number of cyclic esters (lactones) is 1. The molecule has 1 aromatic carbocycles. The van der Waals surface area contributed by atoms with Crippen molar-refractivity contribution in [2.45, 2.75) is 108 Å². The second kappa shape index (κ2) is 17.6. The number of halogens is 1. The normalized spacial score (nSPS) is 26.4. The average molecular weight is 742 g/mol. The molecule has 0 spiro atoms. The molecule has 13 nitrogen and oxygen atoms in total. The lowest BCUT2D eigenvalue weighted by molar-refractivity contribution is -0.156. The summed E-state index contributed by atoms with van der Waals surface area (Å²) in [5, 5.41) is 26.9. The summed E-state index contributed by atoms with van der Waals surface area (Å²) < 4.78 is 28.6. The minimum absolute atomic E-state index is 0.0557. The number of aliphatic hydroxyl groups is 2. The summed E-state index contributed by atoms with van der Waals surface area (Å²) in [6.07, 6.45) is -1.45. The number of epoxide rings is 1. The molecule has 280 valence electrons. The van der Waals surface area contributed by atoms with Crippen LogP contribution in [-0.4, -0.2) is 103 Å². The van der Waals surface area contributed by atoms with Crippen LogP contribution >= 0.6 is 24.2 Å². The van der Waals surface area contributed by atoms with Crippen molar-refractivity contribution in [1.29, 1.82) is 0 Å². The van der Waals surface area contributed by atoms with Crippen molar-refractivity contribution in [3.8, 4) is 5.75 Å². The largest absolute Gasteiger partial charge is 0.495 e. The summed E-state index contributed by atoms with van der Waals surface area (Å²) in [5.41, 5.74) is -0.588. The third-order valence-electron chi connectivity index (χ3n) is 9.45. The van der Waals surface area contributed by atoms with Gasteiger partial charge < -0.3 is 38.8 Å². The number of alkyl carbamates (subject to hydrolysis) is 1. The predicted molar refractivity (Wildman–Crippen MR) is 193 cm³/mol. The Morgan fingerprint density at radius 2 is 2.00 bits per heavy atom. The van der Waals surface area contributed by atoms with Crippen molar-refractivity contribution in [2.24, 2.45) is 5.92 Å². The Balaban J connectivity index is 1.91. The van der Waals surface area contributed by atoms with Crippen molar-refractivity contribution in [2.75, 3.05) is 31.9 Å². The van der Waals surface area contributed by atoms with Gasteiger partial charge in [-0.05, 0) is 64.0 Å². The zero-order chi connectivity index (χ0) is 37.6. The Labute approximate surface area is 305 Å². The quantitative estimate of drug-likeness (QED) is 0.0487. The highest BCUT2D eigenvalue weighted by molar-refractivity contribution is 7.80. The van der Waals surface area contributed by atoms with Crippen LogP contribution in [0.15, 0.2) is 36.4 Å². The fourth-order valence-corrected chi connectivity index (χ4v) is 6.74. The van der Waals surface area contributed by atoms with Gasteiger partial charge in [-0.3, -0.25) is 20.2 Å². The molecule has 15 heteroatoms. The Hall–Kier alpha value is -2.85. The fraction of sp³-hybridized carbons (Fsp3) is 0.629. The molecule has 2 fully saturated rings. The van der Waals surface area contributed by atoms with Crippen LogP contribution in [0.4, 0.5) is 10.5 Å². The predicted octanol–water partition coefficient (Wildman–Crippen LogP) is 3.92. The third-order valence-corrected chi connectivity index (χ3v) is 10.1. The van der Waals surface area contributed by atoms with E-state index < -0.39 is 71.9 Å². The number of thiol groups is 1. The number of nitrogens with zero attached hydrogens (tertiary/aromatic N) is 1. The Morgan fingerprint density at radius 3 is 2.58 bits per heavy atom. The van der Waals surface area contributed by atoms with E-state index in [1.54, 1.807) is 20.9 Å². The number of amides is 2. The first-order chi connectivity index (χ1) is 23.5. The molecule has 4 N–H and O–H groups in total. The molecule has 1 unspecified atom stereocenters. The lowest BCUT2D eigenvalue weighted by Gasteiger charge is -2.42. The van der Waals surface area contributed by atoms with E-state index in [9.17, 15) is 24.6 Å². The van der Waals surface area contributed by atoms with E-state index in [4.69, 9.17) is 35.3 Å². The highest BCUT2D eigenvalue weighted by Gasteiger charge is 2.64. The van der Waals surface area contributed by atoms with Crippen LogP contribution in [0.3, 0.4) is 0 Å². The molecule has 0 radical (unpaired) electrons. The summed E-state index contributed by atoms with van der Waals surface area (Å²) >= 11 is 10.8. The van der Waals surface area contributed by atoms with Crippen molar-refractivity contribution in [1.82, 2.24) is 10.6 Å². The number of allylic oxidation sites excluding steroid dienone is 2. The molecule has 2 saturated heterocycles. The Bertz CT molecular complexity index is 1430. The molecule has 0 aliphatic carbocycles. The summed E-state index contributed by atoms with van der Waals surface area (Å²) in [6.45, 7) is 12.7. The summed E-state index contributed by atoms with van der Waals surface area (Å²) in [4.78, 5) is 41.3. The van der Waals surface area contributed by atoms with E-state index in [1.165, 1.54) is 32.1 Å². The standard InChI is InChI=1S/C35H52ClN3O10S/c1-10-19(3)14-22-15-23(30(36)24(16-22)45-8)39(7)29(41)17-27(48-32(42)21(5)37-28(40)12-13-50)34(6)31(49-34)20(4)25-18-35(44,26(11-2)46-9)38-33(43)47-25/h10-11,15-16,20-21,25-28,31,37,40,44,50H,2,12-14,17-18H2,1,3-9H3,(H,38,43)/b19-10+/t20-,21+,25+,26-,27+,28?,31+,34+,35+/m1/s1. The van der Waals surface area contributed by atoms with Crippen molar-refractivity contribution in [3.05, 3.63) is 47.0 Å². The van der Waals surface area contributed by atoms with Gasteiger partial charge in [-0.15, -0.1) is 6.58 Å². The van der Waals surface area contributed by atoms with Crippen molar-refractivity contribution in [3.63, 3.8) is 0 Å². The Morgan fingerprint density at radius 1 is 1.32 bits per heavy atom. The smallest absolute Gasteiger partial charge is 0.409 e. The van der Waals surface area contributed by atoms with Crippen LogP contribution in [0.25, 0.3) is 0 Å². The van der Waals surface area contributed by atoms with Gasteiger partial charge in [0.25, 0.3) is 0 Å². The topological polar surface area (TPSA) is 168 Å². The van der Waals surface area contributed by atoms with E-state index in [2.05, 4.69) is 29.8 Å². The molecule has 2 aliphatic heterocycles. The monoisotopic (exact) mass is 741 g/mol. The minimum Gasteiger partial charge on any atom is -0.495 e. The van der Waals surface area contributed by atoms with Gasteiger partial charge in [0.15, 0.2) is 5.72 Å². The molecule has 1 aromatic rings. The maximum atomic E-state index is 14.0. The summed E-state index contributed by atoms with van der Waals surface area (Å²) in [7, 11) is 4.45. The number of esters is 1. The van der Waals surface area contributed by atoms with E-state index in [0.29, 0.717) is 30.0 Å². The van der Waals surface area contributed by atoms with Gasteiger partial charge in [0.1, 0.15) is 47.0 Å². The van der Waals surface area contributed by atoms with Crippen LogP contribution < -0.4 is 20.3 Å². The summed E-state index contributed by atoms with van der Waals surface area (Å²) in [5.74, 6) is -0.872. The molecule has 3 rings (SSSR count). The van der Waals surface area contributed by atoms with E-state index in [-0.39, 0.29) is 17.9 Å². The van der Waals surface area contributed by atoms with Gasteiger partial charge in [-0.25, -0.2) is 4.79 Å². The van der Waals surface area contributed by atoms with Gasteiger partial charge >= 0.3 is 12.1 Å². The maximum absolute atomic E-state index is 14.0. The number of methoxy groups -OCH3 is 2. The number of aliphatic hydroxyl groups excluding tert-OH is 1. The second-order valence-electron chi connectivity index (χ2n) is 13.1. The van der Waals surface area contributed by atoms with E-state index in [1.807, 2.05) is 32.1 Å². The first-order valence-electron chi connectivity index (χ1n) is 16.5. The highest BCUT2D eigenvalue weighted by atomic mass is 35.5. The minimum atomic E-state index is -1.80. The molecule has 50 heavy (non-hydrogen) atoms. The molecule has 0 bridgehead atoms. The number of rotatable bonds is 18. The number of ether oxygens (including phenoxy) is 5. The van der Waals surface area contributed by atoms with E-state index in [0.717, 1.165) is 11.1 Å². The first-order valence-corrected chi connectivity index (χ1v) is 17.5. The van der Waals surface area contributed by atoms with Crippen molar-refractivity contribution < 1.29 is 48.3 Å². The molecule has 9 atom stereocenters. The number of nitrogens with one attached hydrogen (secondary N) is 2. The molecule has 2 heterocycles. The Kier molecular flexibility index (Phi) is 14.6. The van der Waals surface area contributed by atoms with Gasteiger partial charge in [-0.1, -0.05) is 36.2 Å². The SMILES string of the molecule is C=C[C@@H](OC)[C@@]1(O)C[C@@H]([C@@H](C)[C@@H]2O[C@@]2(C)[C@H](CC(=O)N(C)c2cc(C/C(C)=C/C)cc(OC)c2Cl)OC(=O)[C@H](C)NC(O)CCS)OC(=O)N1. The van der Waals surface area contributed by atoms with Gasteiger partial charge in [0.05, 0.1) is 25.3 Å². The maximum Gasteiger partial charge on any atom is 0.409 e. The molecule has 2 amide bonds. The molecule has 2 aliphatic rings. The van der Waals surface area contributed by atoms with Crippen LogP contribution in [-0.2, 0) is 35.0 Å². The molecule has 0 aromatic heterocycles. The average Bonchev–Trinajstić information content (AvgIpc) is 3.76. The van der Waals surface area contributed by atoms with Crippen LogP contribution in [0, 0.1) is 5.92 Å². The van der Waals surface area contributed by atoms with Crippen LogP contribution in [0.2, 0.25) is 5.02 Å². The second-order valence-corrected chi connectivity index (χ2v) is 13.9. The van der Waals surface area contributed by atoms with E-state index >= 15 is 0 Å². The number of hydrogen-bond donors (Lipinski definition) is 5. The molecule has 0 saturated carbocycles. The fourth-order valence-electron chi connectivity index (χ4n) is 6.19. The molecular weight excluding hydrogens is 690 g/mol. The number of carbonyl (C=O) groups excluding carboxylic acids is 3. The highest BCUT2D eigenvalue weighted by Crippen LogP contribution is 2.49.